The number of benzene rings is 1. The Morgan fingerprint density at radius 2 is 1.78 bits per heavy atom. The van der Waals surface area contributed by atoms with Crippen LogP contribution in [0, 0.1) is 11.3 Å². The summed E-state index contributed by atoms with van der Waals surface area (Å²) in [5, 5.41) is 16.4. The number of carbonyl (C=O) groups is 1. The van der Waals surface area contributed by atoms with E-state index in [0.717, 1.165) is 63.7 Å². The number of nitriles is 1. The maximum atomic E-state index is 13.2. The molecule has 1 aliphatic carbocycles. The molecule has 0 radical (unpaired) electrons. The van der Waals surface area contributed by atoms with Crippen LogP contribution in [0.3, 0.4) is 0 Å². The Kier molecular flexibility index (Phi) is 7.74. The molecule has 0 bridgehead atoms. The zero-order valence-corrected chi connectivity index (χ0v) is 23.3. The highest BCUT2D eigenvalue weighted by Gasteiger charge is 2.27. The zero-order chi connectivity index (χ0) is 28.3. The molecule has 41 heavy (non-hydrogen) atoms. The topological polar surface area (TPSA) is 147 Å². The van der Waals surface area contributed by atoms with Gasteiger partial charge in [-0.05, 0) is 75.2 Å². The van der Waals surface area contributed by atoms with Gasteiger partial charge in [-0.15, -0.1) is 0 Å². The van der Waals surface area contributed by atoms with Crippen molar-refractivity contribution in [2.24, 2.45) is 5.73 Å². The van der Waals surface area contributed by atoms with Crippen LogP contribution in [0.25, 0.3) is 0 Å². The fourth-order valence-electron chi connectivity index (χ4n) is 6.69. The summed E-state index contributed by atoms with van der Waals surface area (Å²) in [6.07, 6.45) is 13.7. The summed E-state index contributed by atoms with van der Waals surface area (Å²) in [7, 11) is 0. The Morgan fingerprint density at radius 3 is 2.51 bits per heavy atom. The molecule has 2 saturated heterocycles. The maximum Gasteiger partial charge on any atom is 0.328 e. The molecule has 2 aromatic heterocycles. The first-order valence-electron chi connectivity index (χ1n) is 14.7. The molecule has 6 rings (SSSR count). The highest BCUT2D eigenvalue weighted by atomic mass is 16.2. The van der Waals surface area contributed by atoms with Gasteiger partial charge in [-0.25, -0.2) is 14.8 Å². The van der Waals surface area contributed by atoms with E-state index >= 15 is 0 Å². The van der Waals surface area contributed by atoms with E-state index in [1.165, 1.54) is 12.8 Å². The van der Waals surface area contributed by atoms with E-state index in [-0.39, 0.29) is 23.2 Å². The lowest BCUT2D eigenvalue weighted by atomic mass is 9.87. The second-order valence-corrected chi connectivity index (χ2v) is 11.4. The van der Waals surface area contributed by atoms with Crippen LogP contribution in [-0.4, -0.2) is 51.2 Å². The van der Waals surface area contributed by atoms with Gasteiger partial charge in [0.25, 0.3) is 5.91 Å². The average molecular weight is 556 g/mol. The summed E-state index contributed by atoms with van der Waals surface area (Å²) in [6, 6.07) is 8.37. The van der Waals surface area contributed by atoms with Gasteiger partial charge < -0.3 is 21.3 Å². The van der Waals surface area contributed by atoms with Crippen LogP contribution in [-0.2, 0) is 0 Å². The number of primary amides is 1. The molecule has 214 valence electrons. The van der Waals surface area contributed by atoms with Crippen LogP contribution < -0.4 is 27.0 Å². The second-order valence-electron chi connectivity index (χ2n) is 11.4. The Labute approximate surface area is 239 Å². The third-order valence-electron chi connectivity index (χ3n) is 8.87. The van der Waals surface area contributed by atoms with E-state index < -0.39 is 5.91 Å². The number of nitrogens with two attached hydrogens (primary N) is 1. The van der Waals surface area contributed by atoms with E-state index in [2.05, 4.69) is 26.6 Å². The molecule has 3 fully saturated rings. The lowest BCUT2D eigenvalue weighted by Crippen LogP contribution is -2.40. The summed E-state index contributed by atoms with van der Waals surface area (Å²) in [5.41, 5.74) is 8.04. The molecule has 1 saturated carbocycles. The molecular weight excluding hydrogens is 518 g/mol. The largest absolute Gasteiger partial charge is 0.364 e. The van der Waals surface area contributed by atoms with E-state index in [1.54, 1.807) is 12.3 Å². The molecule has 1 unspecified atom stereocenters. The molecule has 1 atom stereocenters. The molecule has 4 N–H and O–H groups in total. The number of imidazole rings is 1. The monoisotopic (exact) mass is 555 g/mol. The predicted molar refractivity (Wildman–Crippen MR) is 157 cm³/mol. The highest BCUT2D eigenvalue weighted by molar-refractivity contribution is 5.96. The Bertz CT molecular complexity index is 1510. The first-order valence-corrected chi connectivity index (χ1v) is 14.7. The van der Waals surface area contributed by atoms with Gasteiger partial charge in [0.15, 0.2) is 11.5 Å². The summed E-state index contributed by atoms with van der Waals surface area (Å²) < 4.78 is 3.77. The Hall–Kier alpha value is -4.17. The fraction of sp³-hybridized carbons (Fsp3) is 0.500. The lowest BCUT2D eigenvalue weighted by molar-refractivity contribution is 0.0996. The van der Waals surface area contributed by atoms with Crippen molar-refractivity contribution in [1.82, 2.24) is 24.4 Å². The first kappa shape index (κ1) is 27.0. The average Bonchev–Trinajstić information content (AvgIpc) is 3.67. The van der Waals surface area contributed by atoms with Crippen molar-refractivity contribution in [3.05, 3.63) is 64.1 Å². The van der Waals surface area contributed by atoms with Gasteiger partial charge >= 0.3 is 5.69 Å². The molecule has 11 heteroatoms. The quantitative estimate of drug-likeness (QED) is 0.401. The van der Waals surface area contributed by atoms with Gasteiger partial charge in [-0.1, -0.05) is 18.9 Å². The zero-order valence-electron chi connectivity index (χ0n) is 23.3. The van der Waals surface area contributed by atoms with E-state index in [4.69, 9.17) is 10.7 Å². The van der Waals surface area contributed by atoms with Gasteiger partial charge in [-0.2, -0.15) is 5.26 Å². The number of hydrogen-bond acceptors (Lipinski definition) is 8. The van der Waals surface area contributed by atoms with Crippen LogP contribution >= 0.6 is 0 Å². The van der Waals surface area contributed by atoms with Crippen molar-refractivity contribution in [3.8, 4) is 6.07 Å². The lowest BCUT2D eigenvalue weighted by Gasteiger charge is -2.34. The number of amides is 1. The third-order valence-corrected chi connectivity index (χ3v) is 8.87. The molecule has 3 aromatic rings. The summed E-state index contributed by atoms with van der Waals surface area (Å²) in [4.78, 5) is 36.7. The van der Waals surface area contributed by atoms with Gasteiger partial charge in [0.05, 0.1) is 23.9 Å². The van der Waals surface area contributed by atoms with Gasteiger partial charge in [-0.3, -0.25) is 13.9 Å². The normalized spacial score (nSPS) is 20.2. The number of carbonyl (C=O) groups excluding carboxylic acids is 1. The number of nitrogens with one attached hydrogen (secondary N) is 2. The number of nitrogens with zero attached hydrogens (tertiary/aromatic N) is 6. The molecule has 11 nitrogen and oxygen atoms in total. The minimum absolute atomic E-state index is 0.0219. The Morgan fingerprint density at radius 1 is 1.05 bits per heavy atom. The molecule has 2 aliphatic heterocycles. The van der Waals surface area contributed by atoms with E-state index in [0.29, 0.717) is 35.6 Å². The molecule has 3 aliphatic rings. The van der Waals surface area contributed by atoms with Crippen molar-refractivity contribution < 1.29 is 4.79 Å². The van der Waals surface area contributed by atoms with Crippen LogP contribution in [0.15, 0.2) is 41.6 Å². The van der Waals surface area contributed by atoms with E-state index in [1.807, 2.05) is 33.7 Å². The first-order chi connectivity index (χ1) is 20.0. The number of hydrogen-bond donors (Lipinski definition) is 3. The summed E-state index contributed by atoms with van der Waals surface area (Å²) in [5.74, 6) is 0.520. The standard InChI is InChI=1S/C30H37N9O2/c31-17-21-16-22(7-8-25(21)20-9-11-33-12-10-20)35-29-27(28(32)40)34-18-26(36-29)37-13-3-6-24(19-37)39-15-14-38(30(39)41)23-4-1-2-5-23/h7-8,14-16,18,20,23-24,33H,1-6,9-13,19H2,(H2,32,40)(H,35,36). The van der Waals surface area contributed by atoms with Gasteiger partial charge in [0, 0.05) is 37.2 Å². The summed E-state index contributed by atoms with van der Waals surface area (Å²) in [6.45, 7) is 3.26. The number of aromatic nitrogens is 4. The van der Waals surface area contributed by atoms with Gasteiger partial charge in [0.2, 0.25) is 0 Å². The van der Waals surface area contributed by atoms with Crippen molar-refractivity contribution in [1.29, 1.82) is 5.26 Å². The van der Waals surface area contributed by atoms with Crippen LogP contribution in [0.1, 0.15) is 91.0 Å². The van der Waals surface area contributed by atoms with Crippen LogP contribution in [0.2, 0.25) is 0 Å². The minimum Gasteiger partial charge on any atom is -0.364 e. The smallest absolute Gasteiger partial charge is 0.328 e. The van der Waals surface area contributed by atoms with Crippen LogP contribution in [0.4, 0.5) is 17.3 Å². The van der Waals surface area contributed by atoms with Crippen molar-refractivity contribution in [3.63, 3.8) is 0 Å². The fourth-order valence-corrected chi connectivity index (χ4v) is 6.69. The Balaban J connectivity index is 1.23. The molecule has 0 spiro atoms. The predicted octanol–water partition coefficient (Wildman–Crippen LogP) is 3.58. The number of anilines is 3. The van der Waals surface area contributed by atoms with Crippen molar-refractivity contribution in [2.75, 3.05) is 36.4 Å². The highest BCUT2D eigenvalue weighted by Crippen LogP contribution is 2.32. The van der Waals surface area contributed by atoms with Crippen molar-refractivity contribution in [2.45, 2.75) is 69.4 Å². The van der Waals surface area contributed by atoms with Crippen LogP contribution in [0.5, 0.6) is 0 Å². The third kappa shape index (κ3) is 5.57. The maximum absolute atomic E-state index is 13.2. The van der Waals surface area contributed by atoms with Crippen molar-refractivity contribution >= 4 is 23.2 Å². The second kappa shape index (κ2) is 11.7. The number of piperidine rings is 2. The minimum atomic E-state index is -0.685. The molecule has 4 heterocycles. The summed E-state index contributed by atoms with van der Waals surface area (Å²) >= 11 is 0. The molecular formula is C30H37N9O2. The molecule has 1 amide bonds. The SMILES string of the molecule is N#Cc1cc(Nc2nc(N3CCCC(n4ccn(C5CCCC5)c4=O)C3)cnc2C(N)=O)ccc1C1CCNCC1. The van der Waals surface area contributed by atoms with Gasteiger partial charge in [0.1, 0.15) is 5.82 Å². The van der Waals surface area contributed by atoms with E-state index in [9.17, 15) is 14.9 Å². The number of rotatable bonds is 7. The molecule has 1 aromatic carbocycles.